The number of benzene rings is 1. The second kappa shape index (κ2) is 6.57. The van der Waals surface area contributed by atoms with Gasteiger partial charge in [-0.25, -0.2) is 5.26 Å². The Morgan fingerprint density at radius 2 is 1.86 bits per heavy atom. The van der Waals surface area contributed by atoms with Crippen molar-refractivity contribution in [2.75, 3.05) is 0 Å². The molecule has 0 spiro atoms. The monoisotopic (exact) mass is 250 g/mol. The molecule has 0 fully saturated rings. The number of hydrogen-bond acceptors (Lipinski definition) is 5. The molecule has 0 aromatic heterocycles. The number of phenols is 1. The number of hydrogen-bond donors (Lipinski definition) is 2. The zero-order chi connectivity index (χ0) is 9.19. The van der Waals surface area contributed by atoms with Gasteiger partial charge in [0.2, 0.25) is 0 Å². The molecule has 1 aromatic carbocycles. The first-order chi connectivity index (χ1) is 5.56. The summed E-state index contributed by atoms with van der Waals surface area (Å²) in [7, 11) is -4.13. The van der Waals surface area contributed by atoms with Crippen molar-refractivity contribution in [3.05, 3.63) is 24.3 Å². The second-order valence-electron chi connectivity index (χ2n) is 2.03. The van der Waals surface area contributed by atoms with E-state index in [-0.39, 0.29) is 53.9 Å². The van der Waals surface area contributed by atoms with Crippen molar-refractivity contribution in [3.8, 4) is 5.75 Å². The van der Waals surface area contributed by atoms with Crippen molar-refractivity contribution >= 4 is 47.9 Å². The van der Waals surface area contributed by atoms with Gasteiger partial charge in [0.1, 0.15) is 10.6 Å². The van der Waals surface area contributed by atoms with E-state index in [2.05, 4.69) is 4.33 Å². The van der Waals surface area contributed by atoms with Crippen LogP contribution < -0.4 is 0 Å². The van der Waals surface area contributed by atoms with Gasteiger partial charge in [-0.05, 0) is 12.1 Å². The Bertz CT molecular complexity index is 376. The normalized spacial score (nSPS) is 9.79. The molecule has 78 valence electrons. The molecule has 8 heteroatoms. The van der Waals surface area contributed by atoms with Crippen LogP contribution in [-0.2, 0) is 14.5 Å². The summed E-state index contributed by atoms with van der Waals surface area (Å²) >= 11 is 0. The van der Waals surface area contributed by atoms with Crippen LogP contribution in [0.1, 0.15) is 0 Å². The Morgan fingerprint density at radius 1 is 1.29 bits per heavy atom. The number of rotatable bonds is 2. The van der Waals surface area contributed by atoms with Gasteiger partial charge in [-0.1, -0.05) is 6.07 Å². The van der Waals surface area contributed by atoms with Gasteiger partial charge in [-0.3, -0.25) is 0 Å². The maximum atomic E-state index is 10.8. The van der Waals surface area contributed by atoms with Crippen molar-refractivity contribution in [1.29, 1.82) is 0 Å². The molecule has 4 N–H and O–H groups in total. The summed E-state index contributed by atoms with van der Waals surface area (Å²) in [5.41, 5.74) is 0. The fourth-order valence-corrected chi connectivity index (χ4v) is 1.28. The first-order valence-corrected chi connectivity index (χ1v) is 4.34. The fourth-order valence-electron chi connectivity index (χ4n) is 0.682. The number of aromatic hydroxyl groups is 1. The average molecular weight is 250 g/mol. The van der Waals surface area contributed by atoms with Crippen LogP contribution in [0.5, 0.6) is 5.75 Å². The van der Waals surface area contributed by atoms with Gasteiger partial charge in [0.05, 0.1) is 0 Å². The van der Waals surface area contributed by atoms with E-state index in [0.717, 1.165) is 6.07 Å². The van der Waals surface area contributed by atoms with Crippen LogP contribution in [0.2, 0.25) is 0 Å². The summed E-state index contributed by atoms with van der Waals surface area (Å²) in [6.45, 7) is 0. The Hall–Kier alpha value is 0.110. The summed E-state index contributed by atoms with van der Waals surface area (Å²) in [5, 5.41) is 16.8. The molecule has 0 aliphatic heterocycles. The van der Waals surface area contributed by atoms with E-state index in [1.807, 2.05) is 0 Å². The Balaban J connectivity index is 0. The van der Waals surface area contributed by atoms with Gasteiger partial charge in [-0.15, -0.1) is 4.33 Å². The molecule has 0 aliphatic rings. The van der Waals surface area contributed by atoms with E-state index in [9.17, 15) is 8.42 Å². The van der Waals surface area contributed by atoms with Crippen molar-refractivity contribution in [1.82, 2.24) is 0 Å². The third kappa shape index (κ3) is 4.09. The molecular weight excluding hydrogens is 240 g/mol. The molecule has 0 aliphatic carbocycles. The molecule has 0 unspecified atom stereocenters. The third-order valence-corrected chi connectivity index (χ3v) is 2.23. The zero-order valence-corrected chi connectivity index (χ0v) is 7.15. The third-order valence-electron chi connectivity index (χ3n) is 1.20. The summed E-state index contributed by atoms with van der Waals surface area (Å²) in [6.07, 6.45) is 0. The van der Waals surface area contributed by atoms with Gasteiger partial charge in [-0.2, -0.15) is 8.42 Å². The SMILES string of the molecule is O.O=S(=O)(OO)c1cccc(O)c1.[CaH2]. The molecule has 0 bridgehead atoms. The van der Waals surface area contributed by atoms with E-state index in [0.29, 0.717) is 0 Å². The summed E-state index contributed by atoms with van der Waals surface area (Å²) in [4.78, 5) is -0.301. The zero-order valence-electron chi connectivity index (χ0n) is 6.34. The van der Waals surface area contributed by atoms with Gasteiger partial charge in [0.25, 0.3) is 0 Å². The molecule has 0 heterocycles. The van der Waals surface area contributed by atoms with Crippen molar-refractivity contribution < 1.29 is 28.6 Å². The Labute approximate surface area is 110 Å². The second-order valence-corrected chi connectivity index (χ2v) is 3.55. The van der Waals surface area contributed by atoms with Crippen LogP contribution in [0.3, 0.4) is 0 Å². The van der Waals surface area contributed by atoms with Gasteiger partial charge < -0.3 is 10.6 Å². The number of phenolic OH excluding ortho intramolecular Hbond substituents is 1. The molecule has 0 amide bonds. The summed E-state index contributed by atoms with van der Waals surface area (Å²) in [6, 6.07) is 4.77. The topological polar surface area (TPSA) is 115 Å². The maximum absolute atomic E-state index is 10.8. The minimum absolute atomic E-state index is 0. The van der Waals surface area contributed by atoms with Crippen LogP contribution in [0.25, 0.3) is 0 Å². The predicted octanol–water partition coefficient (Wildman–Crippen LogP) is -1.17. The van der Waals surface area contributed by atoms with E-state index in [1.165, 1.54) is 18.2 Å². The van der Waals surface area contributed by atoms with Crippen LogP contribution in [-0.4, -0.2) is 62.0 Å². The predicted molar refractivity (Wildman–Crippen MR) is 51.2 cm³/mol. The van der Waals surface area contributed by atoms with Crippen molar-refractivity contribution in [2.24, 2.45) is 0 Å². The quantitative estimate of drug-likeness (QED) is 0.390. The molecule has 0 radical (unpaired) electrons. The van der Waals surface area contributed by atoms with Crippen molar-refractivity contribution in [2.45, 2.75) is 4.90 Å². The van der Waals surface area contributed by atoms with E-state index in [1.54, 1.807) is 0 Å². The van der Waals surface area contributed by atoms with Crippen molar-refractivity contribution in [3.63, 3.8) is 0 Å². The Morgan fingerprint density at radius 3 is 2.29 bits per heavy atom. The van der Waals surface area contributed by atoms with Crippen LogP contribution >= 0.6 is 0 Å². The Kier molecular flexibility index (Phi) is 7.76. The van der Waals surface area contributed by atoms with Crippen LogP contribution in [0.4, 0.5) is 0 Å². The van der Waals surface area contributed by atoms with Gasteiger partial charge in [0.15, 0.2) is 0 Å². The van der Waals surface area contributed by atoms with Crippen LogP contribution in [0, 0.1) is 0 Å². The van der Waals surface area contributed by atoms with Gasteiger partial charge >= 0.3 is 47.9 Å². The molecule has 14 heavy (non-hydrogen) atoms. The van der Waals surface area contributed by atoms with E-state index in [4.69, 9.17) is 10.4 Å². The minimum atomic E-state index is -4.13. The van der Waals surface area contributed by atoms with Crippen LogP contribution in [0.15, 0.2) is 29.2 Å². The summed E-state index contributed by atoms with van der Waals surface area (Å²) in [5.74, 6) is -0.215. The standard InChI is InChI=1S/C6H6O5S.Ca.H2O.2H/c7-5-2-1-3-6(4-5)12(9,10)11-8;;;;/h1-4,7-8H;;1H2;;. The molecule has 1 rings (SSSR count). The summed E-state index contributed by atoms with van der Waals surface area (Å²) < 4.78 is 24.8. The van der Waals surface area contributed by atoms with E-state index >= 15 is 0 Å². The average Bonchev–Trinajstić information content (AvgIpc) is 2.05. The molecule has 1 aromatic rings. The first-order valence-electron chi connectivity index (χ1n) is 2.93. The molecule has 0 saturated heterocycles. The van der Waals surface area contributed by atoms with Gasteiger partial charge in [0, 0.05) is 6.07 Å². The fraction of sp³-hybridized carbons (Fsp3) is 0. The molecule has 0 saturated carbocycles. The molecular formula is C6H10CaO6S. The molecule has 6 nitrogen and oxygen atoms in total. The first kappa shape index (κ1) is 16.5. The molecule has 0 atom stereocenters. The van der Waals surface area contributed by atoms with E-state index < -0.39 is 10.1 Å².